The molecule has 0 unspecified atom stereocenters. The first-order valence-electron chi connectivity index (χ1n) is 21.2. The number of rotatable bonds is 5. The molecular formula is C58H44N2. The Morgan fingerprint density at radius 3 is 1.43 bits per heavy atom. The molecule has 10 aromatic rings. The van der Waals surface area contributed by atoms with Crippen molar-refractivity contribution in [3.8, 4) is 39.1 Å². The largest absolute Gasteiger partial charge is 0.309 e. The van der Waals surface area contributed by atoms with Gasteiger partial charge in [-0.05, 0) is 97.7 Å². The summed E-state index contributed by atoms with van der Waals surface area (Å²) in [5.74, 6) is 0. The van der Waals surface area contributed by atoms with E-state index < -0.39 is 0 Å². The molecule has 0 bridgehead atoms. The minimum absolute atomic E-state index is 0.153. The fourth-order valence-electron chi connectivity index (χ4n) is 10.9. The molecule has 0 amide bonds. The molecule has 0 radical (unpaired) electrons. The van der Waals surface area contributed by atoms with Gasteiger partial charge in [0.05, 0.1) is 22.4 Å². The molecular weight excluding hydrogens is 725 g/mol. The molecule has 0 atom stereocenters. The van der Waals surface area contributed by atoms with E-state index >= 15 is 0 Å². The molecule has 9 aromatic carbocycles. The Hall–Kier alpha value is -7.16. The van der Waals surface area contributed by atoms with Gasteiger partial charge in [0.1, 0.15) is 0 Å². The number of benzene rings is 9. The second-order valence-electron chi connectivity index (χ2n) is 17.7. The topological polar surface area (TPSA) is 8.17 Å². The predicted molar refractivity (Wildman–Crippen MR) is 254 cm³/mol. The van der Waals surface area contributed by atoms with E-state index in [9.17, 15) is 0 Å². The predicted octanol–water partition coefficient (Wildman–Crippen LogP) is 15.7. The Bertz CT molecular complexity index is 3230. The van der Waals surface area contributed by atoms with Crippen LogP contribution in [0.4, 0.5) is 17.1 Å². The maximum atomic E-state index is 2.60. The number of nitrogens with zero attached hydrogens (tertiary/aromatic N) is 2. The van der Waals surface area contributed by atoms with Crippen molar-refractivity contribution in [1.82, 2.24) is 4.57 Å². The first kappa shape index (κ1) is 34.8. The Morgan fingerprint density at radius 1 is 0.383 bits per heavy atom. The van der Waals surface area contributed by atoms with E-state index in [4.69, 9.17) is 0 Å². The quantitative estimate of drug-likeness (QED) is 0.169. The molecule has 2 heteroatoms. The molecule has 286 valence electrons. The second-order valence-corrected chi connectivity index (χ2v) is 17.7. The molecule has 0 spiro atoms. The van der Waals surface area contributed by atoms with Gasteiger partial charge in [-0.2, -0.15) is 0 Å². The number of aromatic nitrogens is 1. The van der Waals surface area contributed by atoms with Crippen molar-refractivity contribution in [3.05, 3.63) is 216 Å². The van der Waals surface area contributed by atoms with Crippen LogP contribution in [0.1, 0.15) is 49.9 Å². The minimum atomic E-state index is -0.153. The van der Waals surface area contributed by atoms with Gasteiger partial charge in [-0.1, -0.05) is 179 Å². The van der Waals surface area contributed by atoms with Gasteiger partial charge in [0, 0.05) is 44.1 Å². The van der Waals surface area contributed by atoms with Gasteiger partial charge in [-0.3, -0.25) is 0 Å². The Labute approximate surface area is 351 Å². The minimum Gasteiger partial charge on any atom is -0.309 e. The SMILES string of the molecule is CC1(C)c2ccccc2-c2c(N(c3cc(-c4cccc5ccccc45)cc(-n4c5ccccc5c5ccccc54)c3)c3cccc4c3-c3ccccc3C4(C)C)cccc21. The van der Waals surface area contributed by atoms with Gasteiger partial charge in [0.2, 0.25) is 0 Å². The number of hydrogen-bond acceptors (Lipinski definition) is 1. The first-order chi connectivity index (χ1) is 29.3. The van der Waals surface area contributed by atoms with Crippen LogP contribution in [-0.2, 0) is 10.8 Å². The summed E-state index contributed by atoms with van der Waals surface area (Å²) >= 11 is 0. The van der Waals surface area contributed by atoms with Crippen LogP contribution in [0.5, 0.6) is 0 Å². The third-order valence-electron chi connectivity index (χ3n) is 13.8. The molecule has 0 saturated heterocycles. The highest BCUT2D eigenvalue weighted by Crippen LogP contribution is 2.58. The molecule has 2 aliphatic carbocycles. The first-order valence-corrected chi connectivity index (χ1v) is 21.2. The molecule has 0 N–H and O–H groups in total. The summed E-state index contributed by atoms with van der Waals surface area (Å²) in [6, 6.07) is 72.5. The number of fused-ring (bicyclic) bond motifs is 10. The summed E-state index contributed by atoms with van der Waals surface area (Å²) in [5.41, 5.74) is 19.7. The third-order valence-corrected chi connectivity index (χ3v) is 13.8. The highest BCUT2D eigenvalue weighted by molar-refractivity contribution is 6.10. The van der Waals surface area contributed by atoms with Crippen molar-refractivity contribution in [2.24, 2.45) is 0 Å². The van der Waals surface area contributed by atoms with E-state index in [0.29, 0.717) is 0 Å². The number of hydrogen-bond donors (Lipinski definition) is 0. The average Bonchev–Trinajstić information content (AvgIpc) is 3.84. The summed E-state index contributed by atoms with van der Waals surface area (Å²) < 4.78 is 2.47. The van der Waals surface area contributed by atoms with E-state index in [-0.39, 0.29) is 10.8 Å². The lowest BCUT2D eigenvalue weighted by molar-refractivity contribution is 0.660. The standard InChI is InChI=1S/C58H44N2/c1-57(2)47-26-11-7-23-45(47)55-49(57)28-16-32-53(55)60(54-33-17-29-50-56(54)46-24-8-12-27-48(46)58(50,3)4)40-35-38(42-25-15-19-37-18-5-6-20-41(37)42)34-39(36-40)59-51-30-13-9-21-43(51)44-22-10-14-31-52(44)59/h5-36H,1-4H3. The molecule has 1 aromatic heterocycles. The van der Waals surface area contributed by atoms with Crippen LogP contribution in [0.3, 0.4) is 0 Å². The van der Waals surface area contributed by atoms with Crippen molar-refractivity contribution in [2.75, 3.05) is 4.90 Å². The highest BCUT2D eigenvalue weighted by atomic mass is 15.2. The monoisotopic (exact) mass is 768 g/mol. The van der Waals surface area contributed by atoms with Crippen molar-refractivity contribution < 1.29 is 0 Å². The second kappa shape index (κ2) is 12.7. The van der Waals surface area contributed by atoms with Gasteiger partial charge < -0.3 is 9.47 Å². The van der Waals surface area contributed by atoms with Crippen LogP contribution in [0.15, 0.2) is 194 Å². The molecule has 0 aliphatic heterocycles. The van der Waals surface area contributed by atoms with Gasteiger partial charge in [-0.15, -0.1) is 0 Å². The van der Waals surface area contributed by atoms with E-state index in [1.54, 1.807) is 0 Å². The Balaban J connectivity index is 1.23. The average molecular weight is 769 g/mol. The Morgan fingerprint density at radius 2 is 0.833 bits per heavy atom. The molecule has 0 saturated carbocycles. The Kier molecular flexibility index (Phi) is 7.36. The van der Waals surface area contributed by atoms with Crippen LogP contribution in [0.25, 0.3) is 71.6 Å². The van der Waals surface area contributed by atoms with E-state index in [1.165, 1.54) is 99.6 Å². The van der Waals surface area contributed by atoms with E-state index in [2.05, 4.69) is 231 Å². The van der Waals surface area contributed by atoms with Gasteiger partial charge in [0.25, 0.3) is 0 Å². The fraction of sp³-hybridized carbons (Fsp3) is 0.103. The van der Waals surface area contributed by atoms with Gasteiger partial charge >= 0.3 is 0 Å². The maximum absolute atomic E-state index is 2.60. The zero-order valence-electron chi connectivity index (χ0n) is 34.4. The third kappa shape index (κ3) is 4.82. The molecule has 1 heterocycles. The van der Waals surface area contributed by atoms with Crippen LogP contribution in [0, 0.1) is 0 Å². The van der Waals surface area contributed by atoms with Crippen molar-refractivity contribution >= 4 is 49.6 Å². The lowest BCUT2D eigenvalue weighted by atomic mass is 9.82. The smallest absolute Gasteiger partial charge is 0.0543 e. The maximum Gasteiger partial charge on any atom is 0.0543 e. The summed E-state index contributed by atoms with van der Waals surface area (Å²) in [6.07, 6.45) is 0. The highest BCUT2D eigenvalue weighted by Gasteiger charge is 2.41. The van der Waals surface area contributed by atoms with Gasteiger partial charge in [0.15, 0.2) is 0 Å². The fourth-order valence-corrected chi connectivity index (χ4v) is 10.9. The summed E-state index contributed by atoms with van der Waals surface area (Å²) in [5, 5.41) is 4.97. The lowest BCUT2D eigenvalue weighted by Crippen LogP contribution is -2.17. The molecule has 2 aliphatic rings. The van der Waals surface area contributed by atoms with Crippen LogP contribution in [0.2, 0.25) is 0 Å². The molecule has 0 fully saturated rings. The lowest BCUT2D eigenvalue weighted by Gasteiger charge is -2.32. The zero-order valence-corrected chi connectivity index (χ0v) is 34.4. The number of para-hydroxylation sites is 2. The zero-order chi connectivity index (χ0) is 40.3. The van der Waals surface area contributed by atoms with Crippen molar-refractivity contribution in [1.29, 1.82) is 0 Å². The molecule has 12 rings (SSSR count). The van der Waals surface area contributed by atoms with Crippen LogP contribution >= 0.6 is 0 Å². The van der Waals surface area contributed by atoms with E-state index in [0.717, 1.165) is 11.4 Å². The van der Waals surface area contributed by atoms with Gasteiger partial charge in [-0.25, -0.2) is 0 Å². The molecule has 2 nitrogen and oxygen atoms in total. The number of anilines is 3. The van der Waals surface area contributed by atoms with Crippen LogP contribution in [-0.4, -0.2) is 4.57 Å². The van der Waals surface area contributed by atoms with Crippen molar-refractivity contribution in [3.63, 3.8) is 0 Å². The van der Waals surface area contributed by atoms with Crippen LogP contribution < -0.4 is 4.90 Å². The van der Waals surface area contributed by atoms with Crippen molar-refractivity contribution in [2.45, 2.75) is 38.5 Å². The van der Waals surface area contributed by atoms with E-state index in [1.807, 2.05) is 0 Å². The normalized spacial score (nSPS) is 14.3. The summed E-state index contributed by atoms with van der Waals surface area (Å²) in [4.78, 5) is 2.60. The summed E-state index contributed by atoms with van der Waals surface area (Å²) in [7, 11) is 0. The molecule has 60 heavy (non-hydrogen) atoms. The summed E-state index contributed by atoms with van der Waals surface area (Å²) in [6.45, 7) is 9.52.